The zero-order chi connectivity index (χ0) is 13.8. The lowest BCUT2D eigenvalue weighted by Crippen LogP contribution is -2.22. The third-order valence-electron chi connectivity index (χ3n) is 1.87. The lowest BCUT2D eigenvalue weighted by molar-refractivity contribution is -0.144. The lowest BCUT2D eigenvalue weighted by Gasteiger charge is -2.15. The van der Waals surface area contributed by atoms with Gasteiger partial charge in [-0.25, -0.2) is 15.0 Å². The summed E-state index contributed by atoms with van der Waals surface area (Å²) in [6.07, 6.45) is -3.77. The fraction of sp³-hybridized carbons (Fsp3) is 0.600. The first kappa shape index (κ1) is 14.5. The second-order valence-electron chi connectivity index (χ2n) is 3.89. The first-order valence-electron chi connectivity index (χ1n) is 5.47. The van der Waals surface area contributed by atoms with Crippen LogP contribution in [0.1, 0.15) is 19.2 Å². The molecule has 0 atom stereocenters. The van der Waals surface area contributed by atoms with Gasteiger partial charge in [0.25, 0.3) is 0 Å². The molecule has 5 nitrogen and oxygen atoms in total. The van der Waals surface area contributed by atoms with Crippen molar-refractivity contribution in [1.29, 1.82) is 0 Å². The fourth-order valence-electron chi connectivity index (χ4n) is 1.20. The number of hydrazine groups is 1. The summed E-state index contributed by atoms with van der Waals surface area (Å²) < 4.78 is 37.8. The van der Waals surface area contributed by atoms with Crippen molar-refractivity contribution in [2.45, 2.75) is 19.5 Å². The second kappa shape index (κ2) is 5.85. The Morgan fingerprint density at radius 3 is 2.33 bits per heavy atom. The van der Waals surface area contributed by atoms with Gasteiger partial charge in [-0.15, -0.1) is 0 Å². The van der Waals surface area contributed by atoms with Crippen LogP contribution < -0.4 is 10.7 Å². The number of nitrogens with zero attached hydrogens (tertiary/aromatic N) is 3. The van der Waals surface area contributed by atoms with Crippen LogP contribution in [0.3, 0.4) is 0 Å². The number of rotatable bonds is 5. The Balaban J connectivity index is 3.03. The van der Waals surface area contributed by atoms with E-state index >= 15 is 0 Å². The van der Waals surface area contributed by atoms with E-state index in [4.69, 9.17) is 0 Å². The molecule has 0 fully saturated rings. The predicted molar refractivity (Wildman–Crippen MR) is 63.1 cm³/mol. The molecule has 102 valence electrons. The minimum Gasteiger partial charge on any atom is -0.370 e. The maximum Gasteiger partial charge on any atom is 0.451 e. The van der Waals surface area contributed by atoms with Crippen LogP contribution in [-0.4, -0.2) is 35.6 Å². The fourth-order valence-corrected chi connectivity index (χ4v) is 1.20. The molecule has 0 saturated carbocycles. The second-order valence-corrected chi connectivity index (χ2v) is 3.89. The molecule has 0 aliphatic rings. The SMILES string of the molecule is CCCNc1cc(NN(C)C)nc(C(F)(F)F)n1. The average molecular weight is 263 g/mol. The number of anilines is 2. The van der Waals surface area contributed by atoms with Gasteiger partial charge in [0.15, 0.2) is 0 Å². The van der Waals surface area contributed by atoms with Crippen molar-refractivity contribution in [3.8, 4) is 0 Å². The molecular weight excluding hydrogens is 247 g/mol. The monoisotopic (exact) mass is 263 g/mol. The molecule has 0 saturated heterocycles. The highest BCUT2D eigenvalue weighted by molar-refractivity contribution is 5.47. The zero-order valence-corrected chi connectivity index (χ0v) is 10.5. The van der Waals surface area contributed by atoms with Gasteiger partial charge < -0.3 is 10.7 Å². The Kier molecular flexibility index (Phi) is 4.71. The number of aromatic nitrogens is 2. The zero-order valence-electron chi connectivity index (χ0n) is 10.5. The van der Waals surface area contributed by atoms with Gasteiger partial charge in [-0.05, 0) is 6.42 Å². The Morgan fingerprint density at radius 1 is 1.22 bits per heavy atom. The standard InChI is InChI=1S/C10H16F3N5/c1-4-5-14-7-6-8(17-18(2)3)16-9(15-7)10(11,12)13/h6H,4-5H2,1-3H3,(H2,14,15,16,17). The van der Waals surface area contributed by atoms with Gasteiger partial charge >= 0.3 is 6.18 Å². The van der Waals surface area contributed by atoms with Gasteiger partial charge in [0.1, 0.15) is 11.6 Å². The van der Waals surface area contributed by atoms with Crippen LogP contribution in [0.2, 0.25) is 0 Å². The first-order chi connectivity index (χ1) is 8.32. The van der Waals surface area contributed by atoms with E-state index < -0.39 is 12.0 Å². The van der Waals surface area contributed by atoms with Crippen molar-refractivity contribution in [3.63, 3.8) is 0 Å². The smallest absolute Gasteiger partial charge is 0.370 e. The van der Waals surface area contributed by atoms with Crippen LogP contribution in [0.5, 0.6) is 0 Å². The Hall–Kier alpha value is -1.57. The van der Waals surface area contributed by atoms with Gasteiger partial charge in [-0.3, -0.25) is 0 Å². The summed E-state index contributed by atoms with van der Waals surface area (Å²) in [7, 11) is 3.32. The molecule has 0 aromatic carbocycles. The summed E-state index contributed by atoms with van der Waals surface area (Å²) in [5.74, 6) is -0.905. The third kappa shape index (κ3) is 4.36. The molecule has 2 N–H and O–H groups in total. The molecule has 0 unspecified atom stereocenters. The highest BCUT2D eigenvalue weighted by atomic mass is 19.4. The van der Waals surface area contributed by atoms with Crippen molar-refractivity contribution in [3.05, 3.63) is 11.9 Å². The van der Waals surface area contributed by atoms with Crippen LogP contribution in [0, 0.1) is 0 Å². The molecule has 0 aliphatic carbocycles. The van der Waals surface area contributed by atoms with Crippen molar-refractivity contribution < 1.29 is 13.2 Å². The van der Waals surface area contributed by atoms with Crippen molar-refractivity contribution in [1.82, 2.24) is 15.0 Å². The summed E-state index contributed by atoms with van der Waals surface area (Å²) in [5, 5.41) is 4.32. The van der Waals surface area contributed by atoms with E-state index in [9.17, 15) is 13.2 Å². The quantitative estimate of drug-likeness (QED) is 0.798. The van der Waals surface area contributed by atoms with E-state index in [2.05, 4.69) is 20.7 Å². The molecule has 1 rings (SSSR count). The Labute approximate surface area is 103 Å². The van der Waals surface area contributed by atoms with Crippen molar-refractivity contribution in [2.75, 3.05) is 31.4 Å². The number of halogens is 3. The van der Waals surface area contributed by atoms with Gasteiger partial charge in [0.2, 0.25) is 5.82 Å². The minimum absolute atomic E-state index is 0.0981. The van der Waals surface area contributed by atoms with E-state index in [-0.39, 0.29) is 11.6 Å². The normalized spacial score (nSPS) is 11.7. The summed E-state index contributed by atoms with van der Waals surface area (Å²) in [6, 6.07) is 1.44. The van der Waals surface area contributed by atoms with E-state index in [1.165, 1.54) is 11.1 Å². The van der Waals surface area contributed by atoms with Crippen LogP contribution in [0.25, 0.3) is 0 Å². The highest BCUT2D eigenvalue weighted by Gasteiger charge is 2.35. The molecule has 1 aromatic heterocycles. The van der Waals surface area contributed by atoms with Crippen molar-refractivity contribution >= 4 is 11.6 Å². The Bertz CT molecular complexity index is 392. The number of nitrogens with one attached hydrogen (secondary N) is 2. The molecule has 0 bridgehead atoms. The molecule has 0 amide bonds. The third-order valence-corrected chi connectivity index (χ3v) is 1.87. The van der Waals surface area contributed by atoms with Gasteiger partial charge in [-0.2, -0.15) is 13.2 Å². The van der Waals surface area contributed by atoms with Crippen LogP contribution in [-0.2, 0) is 6.18 Å². The van der Waals surface area contributed by atoms with E-state index in [0.29, 0.717) is 6.54 Å². The topological polar surface area (TPSA) is 53.1 Å². The Morgan fingerprint density at radius 2 is 1.83 bits per heavy atom. The molecule has 18 heavy (non-hydrogen) atoms. The summed E-state index contributed by atoms with van der Waals surface area (Å²) in [4.78, 5) is 6.87. The van der Waals surface area contributed by atoms with Gasteiger partial charge in [0, 0.05) is 26.7 Å². The van der Waals surface area contributed by atoms with E-state index in [0.717, 1.165) is 6.42 Å². The maximum absolute atomic E-state index is 12.6. The molecule has 0 aliphatic heterocycles. The van der Waals surface area contributed by atoms with E-state index in [1.54, 1.807) is 14.1 Å². The molecule has 0 spiro atoms. The number of hydrogen-bond acceptors (Lipinski definition) is 5. The number of hydrogen-bond donors (Lipinski definition) is 2. The average Bonchev–Trinajstić information content (AvgIpc) is 2.24. The molecule has 1 aromatic rings. The van der Waals surface area contributed by atoms with Crippen LogP contribution in [0.15, 0.2) is 6.07 Å². The van der Waals surface area contributed by atoms with Crippen LogP contribution in [0.4, 0.5) is 24.8 Å². The summed E-state index contributed by atoms with van der Waals surface area (Å²) in [5.41, 5.74) is 2.68. The summed E-state index contributed by atoms with van der Waals surface area (Å²) >= 11 is 0. The molecule has 1 heterocycles. The summed E-state index contributed by atoms with van der Waals surface area (Å²) in [6.45, 7) is 2.47. The minimum atomic E-state index is -4.56. The van der Waals surface area contributed by atoms with Crippen LogP contribution >= 0.6 is 0 Å². The number of alkyl halides is 3. The first-order valence-corrected chi connectivity index (χ1v) is 5.47. The lowest BCUT2D eigenvalue weighted by atomic mass is 10.4. The maximum atomic E-state index is 12.6. The highest BCUT2D eigenvalue weighted by Crippen LogP contribution is 2.28. The molecule has 0 radical (unpaired) electrons. The largest absolute Gasteiger partial charge is 0.451 e. The molecular formula is C10H16F3N5. The molecule has 8 heteroatoms. The van der Waals surface area contributed by atoms with Gasteiger partial charge in [-0.1, -0.05) is 6.92 Å². The van der Waals surface area contributed by atoms with E-state index in [1.807, 2.05) is 6.92 Å². The predicted octanol–water partition coefficient (Wildman–Crippen LogP) is 2.21. The van der Waals surface area contributed by atoms with Crippen molar-refractivity contribution in [2.24, 2.45) is 0 Å². The van der Waals surface area contributed by atoms with Gasteiger partial charge in [0.05, 0.1) is 0 Å².